The largest absolute Gasteiger partial charge is 0.493 e. The van der Waals surface area contributed by atoms with Crippen molar-refractivity contribution in [2.24, 2.45) is 0 Å². The van der Waals surface area contributed by atoms with Gasteiger partial charge in [-0.25, -0.2) is 0 Å². The second-order valence-electron chi connectivity index (χ2n) is 4.98. The van der Waals surface area contributed by atoms with Crippen LogP contribution in [0.4, 0.5) is 0 Å². The van der Waals surface area contributed by atoms with E-state index in [2.05, 4.69) is 33.0 Å². The van der Waals surface area contributed by atoms with Crippen molar-refractivity contribution in [2.75, 3.05) is 19.7 Å². The fourth-order valence-corrected chi connectivity index (χ4v) is 3.23. The lowest BCUT2D eigenvalue weighted by Crippen LogP contribution is -2.22. The van der Waals surface area contributed by atoms with Gasteiger partial charge in [0.05, 0.1) is 18.8 Å². The van der Waals surface area contributed by atoms with Crippen LogP contribution in [0.5, 0.6) is 5.75 Å². The van der Waals surface area contributed by atoms with Gasteiger partial charge in [-0.15, -0.1) is 0 Å². The number of hydrogen-bond acceptors (Lipinski definition) is 4. The number of hydrogen-bond donors (Lipinski definition) is 2. The molecule has 1 aromatic rings. The Hall–Kier alpha value is -0.620. The van der Waals surface area contributed by atoms with E-state index >= 15 is 0 Å². The fraction of sp³-hybridized carbons (Fsp3) is 0.538. The minimum atomic E-state index is -0.633. The highest BCUT2D eigenvalue weighted by molar-refractivity contribution is 9.10. The summed E-state index contributed by atoms with van der Waals surface area (Å²) in [5.41, 5.74) is 2.36. The van der Waals surface area contributed by atoms with Gasteiger partial charge in [0.2, 0.25) is 0 Å². The molecule has 0 aliphatic carbocycles. The third-order valence-electron chi connectivity index (χ3n) is 3.55. The summed E-state index contributed by atoms with van der Waals surface area (Å²) < 4.78 is 6.73. The number of nitrogens with zero attached hydrogens (tertiary/aromatic N) is 1. The van der Waals surface area contributed by atoms with Gasteiger partial charge in [-0.3, -0.25) is 4.90 Å². The van der Waals surface area contributed by atoms with E-state index in [0.717, 1.165) is 28.8 Å². The summed E-state index contributed by atoms with van der Waals surface area (Å²) in [5.74, 6) is 0.981. The van der Waals surface area contributed by atoms with Crippen LogP contribution < -0.4 is 4.74 Å². The van der Waals surface area contributed by atoms with Crippen LogP contribution in [0.15, 0.2) is 16.6 Å². The summed E-state index contributed by atoms with van der Waals surface area (Å²) in [4.78, 5) is 2.05. The van der Waals surface area contributed by atoms with E-state index in [1.165, 1.54) is 5.56 Å². The van der Waals surface area contributed by atoms with Crippen molar-refractivity contribution < 1.29 is 14.9 Å². The second-order valence-corrected chi connectivity index (χ2v) is 5.90. The molecule has 0 aromatic heterocycles. The summed E-state index contributed by atoms with van der Waals surface area (Å²) in [6.07, 6.45) is -0.315. The molecule has 5 heteroatoms. The van der Waals surface area contributed by atoms with Crippen LogP contribution in [0.25, 0.3) is 0 Å². The van der Waals surface area contributed by atoms with E-state index in [9.17, 15) is 10.2 Å². The Balaban J connectivity index is 1.81. The van der Waals surface area contributed by atoms with Crippen LogP contribution in [0.3, 0.4) is 0 Å². The van der Waals surface area contributed by atoms with E-state index in [4.69, 9.17) is 4.74 Å². The van der Waals surface area contributed by atoms with E-state index in [-0.39, 0.29) is 0 Å². The van der Waals surface area contributed by atoms with Crippen LogP contribution in [0, 0.1) is 0 Å². The lowest BCUT2D eigenvalue weighted by atomic mass is 10.1. The average molecular weight is 314 g/mol. The van der Waals surface area contributed by atoms with E-state index in [0.29, 0.717) is 19.6 Å². The minimum Gasteiger partial charge on any atom is -0.493 e. The van der Waals surface area contributed by atoms with Crippen molar-refractivity contribution in [2.45, 2.75) is 25.2 Å². The van der Waals surface area contributed by atoms with Crippen LogP contribution in [-0.4, -0.2) is 47.0 Å². The molecule has 2 unspecified atom stereocenters. The van der Waals surface area contributed by atoms with Gasteiger partial charge in [0.25, 0.3) is 0 Å². The van der Waals surface area contributed by atoms with Crippen LogP contribution in [-0.2, 0) is 13.0 Å². The van der Waals surface area contributed by atoms with Crippen LogP contribution in [0.2, 0.25) is 0 Å². The van der Waals surface area contributed by atoms with Gasteiger partial charge >= 0.3 is 0 Å². The standard InChI is InChI=1S/C13H16BrNO3/c14-10-3-8-1-2-18-13(8)9(4-10)5-15-6-11(16)12(17)7-15/h3-4,11-12,16-17H,1-2,5-7H2. The van der Waals surface area contributed by atoms with Crippen molar-refractivity contribution in [1.82, 2.24) is 4.90 Å². The quantitative estimate of drug-likeness (QED) is 0.852. The molecule has 0 amide bonds. The normalized spacial score (nSPS) is 27.3. The summed E-state index contributed by atoms with van der Waals surface area (Å²) in [6, 6.07) is 4.15. The first kappa shape index (κ1) is 12.4. The van der Waals surface area contributed by atoms with Crippen molar-refractivity contribution in [1.29, 1.82) is 0 Å². The molecule has 2 aliphatic rings. The van der Waals surface area contributed by atoms with E-state index < -0.39 is 12.2 Å². The monoisotopic (exact) mass is 313 g/mol. The first-order valence-corrected chi connectivity index (χ1v) is 6.95. The molecule has 1 aromatic carbocycles. The highest BCUT2D eigenvalue weighted by Gasteiger charge is 2.30. The molecule has 1 fully saturated rings. The van der Waals surface area contributed by atoms with Crippen molar-refractivity contribution in [3.8, 4) is 5.75 Å². The molecule has 0 bridgehead atoms. The third-order valence-corrected chi connectivity index (χ3v) is 4.01. The molecule has 2 heterocycles. The molecule has 2 N–H and O–H groups in total. The lowest BCUT2D eigenvalue weighted by Gasteiger charge is -2.17. The molecule has 1 saturated heterocycles. The number of ether oxygens (including phenoxy) is 1. The zero-order valence-corrected chi connectivity index (χ0v) is 11.6. The second kappa shape index (κ2) is 4.81. The summed E-state index contributed by atoms with van der Waals surface area (Å²) in [6.45, 7) is 2.48. The van der Waals surface area contributed by atoms with Gasteiger partial charge in [-0.1, -0.05) is 15.9 Å². The Kier molecular flexibility index (Phi) is 3.32. The van der Waals surface area contributed by atoms with E-state index in [1.54, 1.807) is 0 Å². The third kappa shape index (κ3) is 2.28. The topological polar surface area (TPSA) is 52.9 Å². The maximum atomic E-state index is 9.56. The van der Waals surface area contributed by atoms with E-state index in [1.807, 2.05) is 0 Å². The van der Waals surface area contributed by atoms with Gasteiger partial charge in [0.15, 0.2) is 0 Å². The molecule has 3 rings (SSSR count). The van der Waals surface area contributed by atoms with Gasteiger partial charge in [-0.2, -0.15) is 0 Å². The Labute approximate surface area is 114 Å². The number of aliphatic hydroxyl groups excluding tert-OH is 2. The smallest absolute Gasteiger partial charge is 0.127 e. The first-order valence-electron chi connectivity index (χ1n) is 6.16. The number of aliphatic hydroxyl groups is 2. The molecule has 0 spiro atoms. The summed E-state index contributed by atoms with van der Waals surface area (Å²) in [5, 5.41) is 19.1. The van der Waals surface area contributed by atoms with Crippen molar-refractivity contribution >= 4 is 15.9 Å². The number of benzene rings is 1. The van der Waals surface area contributed by atoms with Gasteiger partial charge in [0, 0.05) is 36.1 Å². The maximum absolute atomic E-state index is 9.56. The van der Waals surface area contributed by atoms with Gasteiger partial charge in [0.1, 0.15) is 5.75 Å². The highest BCUT2D eigenvalue weighted by atomic mass is 79.9. The predicted molar refractivity (Wildman–Crippen MR) is 70.6 cm³/mol. The Morgan fingerprint density at radius 3 is 2.72 bits per heavy atom. The molecule has 2 atom stereocenters. The van der Waals surface area contributed by atoms with Gasteiger partial charge in [-0.05, 0) is 17.7 Å². The number of halogens is 1. The molecular formula is C13H16BrNO3. The number of β-amino-alcohol motifs (C(OH)–C–C–N with tert-alkyl or cyclic N) is 2. The fourth-order valence-electron chi connectivity index (χ4n) is 2.68. The zero-order valence-electron chi connectivity index (χ0n) is 9.97. The number of likely N-dealkylation sites (tertiary alicyclic amines) is 1. The molecule has 18 heavy (non-hydrogen) atoms. The lowest BCUT2D eigenvalue weighted by molar-refractivity contribution is 0.0572. The summed E-state index contributed by atoms with van der Waals surface area (Å²) >= 11 is 3.52. The van der Waals surface area contributed by atoms with Crippen molar-refractivity contribution in [3.05, 3.63) is 27.7 Å². The molecule has 0 saturated carbocycles. The Morgan fingerprint density at radius 2 is 2.00 bits per heavy atom. The number of rotatable bonds is 2. The Morgan fingerprint density at radius 1 is 1.28 bits per heavy atom. The van der Waals surface area contributed by atoms with Crippen molar-refractivity contribution in [3.63, 3.8) is 0 Å². The highest BCUT2D eigenvalue weighted by Crippen LogP contribution is 2.34. The SMILES string of the molecule is OC1CN(Cc2cc(Br)cc3c2OCC3)CC1O. The zero-order chi connectivity index (χ0) is 12.7. The summed E-state index contributed by atoms with van der Waals surface area (Å²) in [7, 11) is 0. The molecule has 98 valence electrons. The average Bonchev–Trinajstić information content (AvgIpc) is 2.86. The van der Waals surface area contributed by atoms with Crippen LogP contribution >= 0.6 is 15.9 Å². The molecular weight excluding hydrogens is 298 g/mol. The Bertz CT molecular complexity index is 456. The number of fused-ring (bicyclic) bond motifs is 1. The first-order chi connectivity index (χ1) is 8.63. The molecule has 0 radical (unpaired) electrons. The molecule has 2 aliphatic heterocycles. The van der Waals surface area contributed by atoms with Gasteiger partial charge < -0.3 is 14.9 Å². The minimum absolute atomic E-state index is 0.516. The maximum Gasteiger partial charge on any atom is 0.127 e. The predicted octanol–water partition coefficient (Wildman–Crippen LogP) is 0.921. The van der Waals surface area contributed by atoms with Crippen LogP contribution in [0.1, 0.15) is 11.1 Å². The molecule has 4 nitrogen and oxygen atoms in total.